The first-order chi connectivity index (χ1) is 9.04. The van der Waals surface area contributed by atoms with Crippen LogP contribution in [0.2, 0.25) is 0 Å². The minimum atomic E-state index is -0.472. The third-order valence-corrected chi connectivity index (χ3v) is 2.99. The van der Waals surface area contributed by atoms with E-state index in [2.05, 4.69) is 15.3 Å². The number of anilines is 1. The number of piperazine rings is 1. The number of amides is 3. The van der Waals surface area contributed by atoms with Crippen LogP contribution in [0, 0.1) is 0 Å². The van der Waals surface area contributed by atoms with Gasteiger partial charge in [-0.15, -0.1) is 0 Å². The molecular weight excluding hydrogens is 248 g/mol. The highest BCUT2D eigenvalue weighted by Crippen LogP contribution is 2.08. The third-order valence-electron chi connectivity index (χ3n) is 2.99. The number of aromatic nitrogens is 2. The van der Waals surface area contributed by atoms with Gasteiger partial charge in [0.05, 0.1) is 11.9 Å². The van der Waals surface area contributed by atoms with Crippen molar-refractivity contribution in [3.05, 3.63) is 12.4 Å². The van der Waals surface area contributed by atoms with Crippen molar-refractivity contribution >= 4 is 17.6 Å². The summed E-state index contributed by atoms with van der Waals surface area (Å²) in [6.07, 6.45) is 3.08. The lowest BCUT2D eigenvalue weighted by Gasteiger charge is -2.32. The molecule has 0 unspecified atom stereocenters. The summed E-state index contributed by atoms with van der Waals surface area (Å²) < 4.78 is 1.39. The van der Waals surface area contributed by atoms with Gasteiger partial charge in [-0.1, -0.05) is 0 Å². The maximum absolute atomic E-state index is 12.0. The molecule has 1 aromatic rings. The van der Waals surface area contributed by atoms with E-state index < -0.39 is 5.91 Å². The van der Waals surface area contributed by atoms with E-state index in [1.807, 2.05) is 7.05 Å². The maximum Gasteiger partial charge on any atom is 0.322 e. The summed E-state index contributed by atoms with van der Waals surface area (Å²) in [4.78, 5) is 26.6. The van der Waals surface area contributed by atoms with Gasteiger partial charge in [-0.3, -0.25) is 9.48 Å². The van der Waals surface area contributed by atoms with Crippen LogP contribution in [0.5, 0.6) is 0 Å². The SMILES string of the molecule is CN1CCN(C(=O)Nc2cnn(CC(N)=O)c2)CC1. The Bertz CT molecular complexity index is 464. The van der Waals surface area contributed by atoms with Crippen LogP contribution in [0.25, 0.3) is 0 Å². The molecule has 104 valence electrons. The molecule has 19 heavy (non-hydrogen) atoms. The zero-order chi connectivity index (χ0) is 13.8. The van der Waals surface area contributed by atoms with E-state index in [1.165, 1.54) is 10.9 Å². The number of hydrogen-bond donors (Lipinski definition) is 2. The van der Waals surface area contributed by atoms with Gasteiger partial charge in [0.15, 0.2) is 0 Å². The fraction of sp³-hybridized carbons (Fsp3) is 0.545. The Balaban J connectivity index is 1.88. The number of nitrogens with two attached hydrogens (primary N) is 1. The molecule has 0 bridgehead atoms. The summed E-state index contributed by atoms with van der Waals surface area (Å²) in [6, 6.07) is -0.147. The summed E-state index contributed by atoms with van der Waals surface area (Å²) in [5.41, 5.74) is 5.63. The first kappa shape index (κ1) is 13.3. The standard InChI is InChI=1S/C11H18N6O2/c1-15-2-4-16(5-3-15)11(19)14-9-6-13-17(7-9)8-10(12)18/h6-7H,2-5,8H2,1H3,(H2,12,18)(H,14,19). The average Bonchev–Trinajstić information content (AvgIpc) is 2.76. The van der Waals surface area contributed by atoms with Crippen LogP contribution >= 0.6 is 0 Å². The molecular formula is C11H18N6O2. The number of primary amides is 1. The number of rotatable bonds is 3. The van der Waals surface area contributed by atoms with Gasteiger partial charge in [0.2, 0.25) is 5.91 Å². The van der Waals surface area contributed by atoms with Crippen LogP contribution in [0.4, 0.5) is 10.5 Å². The van der Waals surface area contributed by atoms with Crippen LogP contribution in [-0.2, 0) is 11.3 Å². The lowest BCUT2D eigenvalue weighted by molar-refractivity contribution is -0.118. The Morgan fingerprint density at radius 2 is 2.05 bits per heavy atom. The zero-order valence-corrected chi connectivity index (χ0v) is 10.9. The normalized spacial score (nSPS) is 16.4. The van der Waals surface area contributed by atoms with Gasteiger partial charge in [-0.25, -0.2) is 4.79 Å². The molecule has 0 aliphatic carbocycles. The van der Waals surface area contributed by atoms with E-state index >= 15 is 0 Å². The van der Waals surface area contributed by atoms with Crippen LogP contribution in [-0.4, -0.2) is 64.7 Å². The second kappa shape index (κ2) is 5.70. The molecule has 1 fully saturated rings. The van der Waals surface area contributed by atoms with Crippen molar-refractivity contribution in [2.75, 3.05) is 38.5 Å². The van der Waals surface area contributed by atoms with E-state index in [9.17, 15) is 9.59 Å². The minimum absolute atomic E-state index is 0.00434. The van der Waals surface area contributed by atoms with Gasteiger partial charge in [0.25, 0.3) is 0 Å². The number of nitrogens with one attached hydrogen (secondary N) is 1. The number of urea groups is 1. The van der Waals surface area contributed by atoms with E-state index in [4.69, 9.17) is 5.73 Å². The Kier molecular flexibility index (Phi) is 4.00. The van der Waals surface area contributed by atoms with Crippen molar-refractivity contribution in [1.29, 1.82) is 0 Å². The lowest BCUT2D eigenvalue weighted by Crippen LogP contribution is -2.48. The molecule has 2 heterocycles. The average molecular weight is 266 g/mol. The van der Waals surface area contributed by atoms with Crippen molar-refractivity contribution in [3.63, 3.8) is 0 Å². The molecule has 1 aromatic heterocycles. The monoisotopic (exact) mass is 266 g/mol. The van der Waals surface area contributed by atoms with E-state index in [0.29, 0.717) is 18.8 Å². The van der Waals surface area contributed by atoms with Gasteiger partial charge in [-0.05, 0) is 7.05 Å². The largest absolute Gasteiger partial charge is 0.368 e. The maximum atomic E-state index is 12.0. The summed E-state index contributed by atoms with van der Waals surface area (Å²) in [5, 5.41) is 6.69. The van der Waals surface area contributed by atoms with Crippen molar-refractivity contribution < 1.29 is 9.59 Å². The van der Waals surface area contributed by atoms with Gasteiger partial charge in [0, 0.05) is 32.4 Å². The molecule has 0 radical (unpaired) electrons. The smallest absolute Gasteiger partial charge is 0.322 e. The first-order valence-electron chi connectivity index (χ1n) is 6.10. The summed E-state index contributed by atoms with van der Waals surface area (Å²) in [7, 11) is 2.03. The summed E-state index contributed by atoms with van der Waals surface area (Å²) in [5.74, 6) is -0.472. The van der Waals surface area contributed by atoms with Gasteiger partial charge in [0.1, 0.15) is 6.54 Å². The molecule has 1 aliphatic rings. The predicted molar refractivity (Wildman–Crippen MR) is 69.5 cm³/mol. The molecule has 1 saturated heterocycles. The van der Waals surface area contributed by atoms with E-state index in [1.54, 1.807) is 11.1 Å². The second-order valence-electron chi connectivity index (χ2n) is 4.61. The number of nitrogens with zero attached hydrogens (tertiary/aromatic N) is 4. The van der Waals surface area contributed by atoms with Crippen LogP contribution in [0.15, 0.2) is 12.4 Å². The molecule has 3 N–H and O–H groups in total. The van der Waals surface area contributed by atoms with Crippen molar-refractivity contribution in [2.24, 2.45) is 5.73 Å². The minimum Gasteiger partial charge on any atom is -0.368 e. The molecule has 2 rings (SSSR count). The van der Waals surface area contributed by atoms with Crippen LogP contribution in [0.3, 0.4) is 0 Å². The van der Waals surface area contributed by atoms with Gasteiger partial charge in [-0.2, -0.15) is 5.10 Å². The molecule has 0 aromatic carbocycles. The summed E-state index contributed by atoms with van der Waals surface area (Å²) >= 11 is 0. The summed E-state index contributed by atoms with van der Waals surface area (Å²) in [6.45, 7) is 3.16. The van der Waals surface area contributed by atoms with Crippen molar-refractivity contribution in [1.82, 2.24) is 19.6 Å². The van der Waals surface area contributed by atoms with Crippen LogP contribution in [0.1, 0.15) is 0 Å². The predicted octanol–water partition coefficient (Wildman–Crippen LogP) is -0.852. The third kappa shape index (κ3) is 3.68. The number of carbonyl (C=O) groups is 2. The van der Waals surface area contributed by atoms with Crippen molar-refractivity contribution in [3.8, 4) is 0 Å². The Labute approximate surface area is 111 Å². The molecule has 3 amide bonds. The van der Waals surface area contributed by atoms with Gasteiger partial charge >= 0.3 is 6.03 Å². The Morgan fingerprint density at radius 1 is 1.37 bits per heavy atom. The number of hydrogen-bond acceptors (Lipinski definition) is 4. The van der Waals surface area contributed by atoms with E-state index in [-0.39, 0.29) is 12.6 Å². The highest BCUT2D eigenvalue weighted by atomic mass is 16.2. The second-order valence-corrected chi connectivity index (χ2v) is 4.61. The molecule has 1 aliphatic heterocycles. The molecule has 0 atom stereocenters. The van der Waals surface area contributed by atoms with E-state index in [0.717, 1.165) is 13.1 Å². The Hall–Kier alpha value is -2.09. The van der Waals surface area contributed by atoms with Crippen molar-refractivity contribution in [2.45, 2.75) is 6.54 Å². The first-order valence-corrected chi connectivity index (χ1v) is 6.10. The Morgan fingerprint density at radius 3 is 2.68 bits per heavy atom. The zero-order valence-electron chi connectivity index (χ0n) is 10.9. The lowest BCUT2D eigenvalue weighted by atomic mass is 10.3. The number of likely N-dealkylation sites (N-methyl/N-ethyl adjacent to an activating group) is 1. The quantitative estimate of drug-likeness (QED) is 0.744. The molecule has 0 spiro atoms. The van der Waals surface area contributed by atoms with Gasteiger partial charge < -0.3 is 20.9 Å². The molecule has 8 heteroatoms. The highest BCUT2D eigenvalue weighted by molar-refractivity contribution is 5.89. The molecule has 0 saturated carbocycles. The number of carbonyl (C=O) groups excluding carboxylic acids is 2. The highest BCUT2D eigenvalue weighted by Gasteiger charge is 2.19. The fourth-order valence-corrected chi connectivity index (χ4v) is 1.89. The van der Waals surface area contributed by atoms with Crippen LogP contribution < -0.4 is 11.1 Å². The fourth-order valence-electron chi connectivity index (χ4n) is 1.89. The molecule has 8 nitrogen and oxygen atoms in total. The topological polar surface area (TPSA) is 96.5 Å².